The fourth-order valence-corrected chi connectivity index (χ4v) is 4.63. The van der Waals surface area contributed by atoms with Gasteiger partial charge in [-0.1, -0.05) is 66.7 Å². The molecule has 0 bridgehead atoms. The molecule has 2 atom stereocenters. The van der Waals surface area contributed by atoms with Crippen molar-refractivity contribution in [1.29, 1.82) is 0 Å². The summed E-state index contributed by atoms with van der Waals surface area (Å²) in [4.78, 5) is 39.0. The van der Waals surface area contributed by atoms with Gasteiger partial charge in [0.1, 0.15) is 0 Å². The minimum atomic E-state index is -1.17. The molecule has 0 aliphatic carbocycles. The molecule has 4 rings (SSSR count). The molecule has 7 heteroatoms. The lowest BCUT2D eigenvalue weighted by molar-refractivity contribution is -0.133. The van der Waals surface area contributed by atoms with Gasteiger partial charge in [-0.2, -0.15) is 0 Å². The number of carbonyl (C=O) groups is 3. The van der Waals surface area contributed by atoms with Gasteiger partial charge >= 0.3 is 12.0 Å². The normalized spacial score (nSPS) is 17.5. The van der Waals surface area contributed by atoms with Gasteiger partial charge in [0.15, 0.2) is 0 Å². The second-order valence-electron chi connectivity index (χ2n) is 8.03. The third kappa shape index (κ3) is 4.72. The molecule has 1 aliphatic rings. The molecule has 0 spiro atoms. The molecule has 1 saturated heterocycles. The van der Waals surface area contributed by atoms with E-state index in [1.165, 1.54) is 12.1 Å². The first-order valence-corrected chi connectivity index (χ1v) is 10.8. The fourth-order valence-electron chi connectivity index (χ4n) is 4.63. The van der Waals surface area contributed by atoms with E-state index in [0.717, 1.165) is 24.0 Å². The molecule has 0 aromatic heterocycles. The summed E-state index contributed by atoms with van der Waals surface area (Å²) in [5, 5.41) is 12.1. The molecule has 33 heavy (non-hydrogen) atoms. The molecular weight excluding hydrogens is 418 g/mol. The van der Waals surface area contributed by atoms with E-state index in [9.17, 15) is 19.5 Å². The van der Waals surface area contributed by atoms with E-state index in [0.29, 0.717) is 0 Å². The van der Waals surface area contributed by atoms with Crippen LogP contribution in [0.3, 0.4) is 0 Å². The lowest BCUT2D eigenvalue weighted by Gasteiger charge is -2.32. The molecule has 3 amide bonds. The van der Waals surface area contributed by atoms with Gasteiger partial charge in [-0.15, -0.1) is 0 Å². The van der Waals surface area contributed by atoms with Crippen molar-refractivity contribution < 1.29 is 19.5 Å². The first-order chi connectivity index (χ1) is 16.0. The van der Waals surface area contributed by atoms with Crippen LogP contribution in [0.4, 0.5) is 10.5 Å². The highest BCUT2D eigenvalue weighted by Gasteiger charge is 2.38. The Morgan fingerprint density at radius 2 is 1.39 bits per heavy atom. The third-order valence-electron chi connectivity index (χ3n) is 6.03. The van der Waals surface area contributed by atoms with E-state index in [4.69, 9.17) is 5.73 Å². The van der Waals surface area contributed by atoms with E-state index < -0.39 is 12.0 Å². The molecule has 7 nitrogen and oxygen atoms in total. The summed E-state index contributed by atoms with van der Waals surface area (Å²) in [6.07, 6.45) is 1.41. The van der Waals surface area contributed by atoms with Gasteiger partial charge in [-0.05, 0) is 41.7 Å². The number of urea groups is 1. The summed E-state index contributed by atoms with van der Waals surface area (Å²) in [6, 6.07) is 23.1. The van der Waals surface area contributed by atoms with Gasteiger partial charge < -0.3 is 21.1 Å². The van der Waals surface area contributed by atoms with Gasteiger partial charge in [0.2, 0.25) is 5.91 Å². The number of primary amides is 1. The predicted octanol–water partition coefficient (Wildman–Crippen LogP) is 4.52. The Kier molecular flexibility index (Phi) is 6.40. The maximum Gasteiger partial charge on any atom is 0.336 e. The zero-order chi connectivity index (χ0) is 23.4. The molecule has 2 unspecified atom stereocenters. The van der Waals surface area contributed by atoms with Crippen molar-refractivity contribution in [2.75, 3.05) is 5.32 Å². The summed E-state index contributed by atoms with van der Waals surface area (Å²) in [7, 11) is 0. The molecule has 3 aromatic carbocycles. The topological polar surface area (TPSA) is 113 Å². The number of likely N-dealkylation sites (tertiary alicyclic amines) is 1. The van der Waals surface area contributed by atoms with Crippen LogP contribution in [0.25, 0.3) is 0 Å². The zero-order valence-electron chi connectivity index (χ0n) is 18.0. The molecule has 1 aliphatic heterocycles. The highest BCUT2D eigenvalue weighted by atomic mass is 16.4. The summed E-state index contributed by atoms with van der Waals surface area (Å²) in [5.41, 5.74) is 7.76. The number of hydrogen-bond acceptors (Lipinski definition) is 3. The van der Waals surface area contributed by atoms with E-state index in [1.807, 2.05) is 65.6 Å². The highest BCUT2D eigenvalue weighted by molar-refractivity contribution is 5.97. The summed E-state index contributed by atoms with van der Waals surface area (Å²) in [5.74, 6) is -1.39. The van der Waals surface area contributed by atoms with Crippen LogP contribution >= 0.6 is 0 Å². The minimum Gasteiger partial charge on any atom is -0.478 e. The Labute approximate surface area is 191 Å². The van der Waals surface area contributed by atoms with E-state index >= 15 is 0 Å². The lowest BCUT2D eigenvalue weighted by atomic mass is 9.99. The second-order valence-corrected chi connectivity index (χ2v) is 8.03. The van der Waals surface area contributed by atoms with Crippen molar-refractivity contribution in [3.05, 3.63) is 101 Å². The second kappa shape index (κ2) is 9.56. The van der Waals surface area contributed by atoms with Crippen LogP contribution in [0, 0.1) is 0 Å². The van der Waals surface area contributed by atoms with E-state index in [1.54, 1.807) is 6.07 Å². The van der Waals surface area contributed by atoms with Gasteiger partial charge in [0.05, 0.1) is 24.1 Å². The van der Waals surface area contributed by atoms with Crippen LogP contribution in [-0.2, 0) is 11.2 Å². The molecular formula is C26H25N3O4. The number of nitrogens with two attached hydrogens (primary N) is 1. The van der Waals surface area contributed by atoms with Crippen LogP contribution in [0.5, 0.6) is 0 Å². The average molecular weight is 444 g/mol. The number of nitrogens with zero attached hydrogens (tertiary/aromatic N) is 1. The number of benzene rings is 3. The van der Waals surface area contributed by atoms with Crippen molar-refractivity contribution >= 4 is 23.6 Å². The molecule has 0 saturated carbocycles. The predicted molar refractivity (Wildman–Crippen MR) is 125 cm³/mol. The Balaban J connectivity index is 1.74. The number of carboxylic acids is 1. The van der Waals surface area contributed by atoms with Gasteiger partial charge in [0.25, 0.3) is 0 Å². The number of hydrogen-bond donors (Lipinski definition) is 3. The van der Waals surface area contributed by atoms with Crippen LogP contribution in [0.15, 0.2) is 78.9 Å². The number of carboxylic acid groups (broad SMARTS) is 1. The molecule has 1 heterocycles. The number of amides is 3. The first-order valence-electron chi connectivity index (χ1n) is 10.8. The van der Waals surface area contributed by atoms with Crippen molar-refractivity contribution in [3.8, 4) is 0 Å². The third-order valence-corrected chi connectivity index (χ3v) is 6.03. The number of rotatable bonds is 6. The summed E-state index contributed by atoms with van der Waals surface area (Å²) >= 11 is 0. The quantitative estimate of drug-likeness (QED) is 0.520. The average Bonchev–Trinajstić information content (AvgIpc) is 3.26. The van der Waals surface area contributed by atoms with Crippen molar-refractivity contribution in [1.82, 2.24) is 4.90 Å². The smallest absolute Gasteiger partial charge is 0.336 e. The summed E-state index contributed by atoms with van der Waals surface area (Å²) < 4.78 is 0. The first kappa shape index (κ1) is 22.1. The SMILES string of the molecule is NC(=O)Nc1cccc(C(=O)O)c1CC(=O)N1C(c2ccccc2)CCC1c1ccccc1. The zero-order valence-corrected chi connectivity index (χ0v) is 18.0. The van der Waals surface area contributed by atoms with Crippen LogP contribution in [0.2, 0.25) is 0 Å². The van der Waals surface area contributed by atoms with Gasteiger partial charge in [0, 0.05) is 5.69 Å². The monoisotopic (exact) mass is 443 g/mol. The van der Waals surface area contributed by atoms with Crippen molar-refractivity contribution in [2.24, 2.45) is 5.73 Å². The van der Waals surface area contributed by atoms with Crippen LogP contribution in [0.1, 0.15) is 52.0 Å². The molecule has 3 aromatic rings. The number of aromatic carboxylic acids is 1. The number of carbonyl (C=O) groups excluding carboxylic acids is 2. The van der Waals surface area contributed by atoms with E-state index in [-0.39, 0.29) is 41.2 Å². The summed E-state index contributed by atoms with van der Waals surface area (Å²) in [6.45, 7) is 0. The Morgan fingerprint density at radius 3 is 1.88 bits per heavy atom. The molecule has 4 N–H and O–H groups in total. The van der Waals surface area contributed by atoms with Crippen molar-refractivity contribution in [3.63, 3.8) is 0 Å². The molecule has 168 valence electrons. The van der Waals surface area contributed by atoms with Crippen LogP contribution < -0.4 is 11.1 Å². The molecule has 1 fully saturated rings. The minimum absolute atomic E-state index is 0.0404. The maximum atomic E-state index is 13.8. The Morgan fingerprint density at radius 1 is 0.848 bits per heavy atom. The standard InChI is InChI=1S/C26H25N3O4/c27-26(33)28-21-13-7-12-19(25(31)32)20(21)16-24(30)29-22(17-8-3-1-4-9-17)14-15-23(29)18-10-5-2-6-11-18/h1-13,22-23H,14-16H2,(H,31,32)(H3,27,28,33). The maximum absolute atomic E-state index is 13.8. The van der Waals surface area contributed by atoms with Crippen LogP contribution in [-0.4, -0.2) is 27.9 Å². The highest BCUT2D eigenvalue weighted by Crippen LogP contribution is 2.44. The lowest BCUT2D eigenvalue weighted by Crippen LogP contribution is -2.35. The van der Waals surface area contributed by atoms with E-state index in [2.05, 4.69) is 5.32 Å². The largest absolute Gasteiger partial charge is 0.478 e. The van der Waals surface area contributed by atoms with Crippen molar-refractivity contribution in [2.45, 2.75) is 31.3 Å². The number of anilines is 1. The van der Waals surface area contributed by atoms with Gasteiger partial charge in [-0.3, -0.25) is 4.79 Å². The number of nitrogens with one attached hydrogen (secondary N) is 1. The fraction of sp³-hybridized carbons (Fsp3) is 0.192. The van der Waals surface area contributed by atoms with Gasteiger partial charge in [-0.25, -0.2) is 9.59 Å². The Bertz CT molecular complexity index is 1120. The molecule has 0 radical (unpaired) electrons. The Hall–Kier alpha value is -4.13.